The number of carbonyl (C=O) groups excluding carboxylic acids is 2. The van der Waals surface area contributed by atoms with Crippen LogP contribution in [-0.4, -0.2) is 49.7 Å². The van der Waals surface area contributed by atoms with Crippen LogP contribution in [0.5, 0.6) is 0 Å². The lowest BCUT2D eigenvalue weighted by atomic mass is 10.00. The minimum atomic E-state index is -0.807. The smallest absolute Gasteiger partial charge is 0.404 e. The summed E-state index contributed by atoms with van der Waals surface area (Å²) in [6.45, 7) is 5.31. The molecule has 1 aliphatic heterocycles. The molecule has 2 amide bonds. The Bertz CT molecular complexity index is 1400. The third-order valence-corrected chi connectivity index (χ3v) is 6.87. The second-order valence-electron chi connectivity index (χ2n) is 8.97. The number of piperidine rings is 1. The van der Waals surface area contributed by atoms with Crippen molar-refractivity contribution in [3.63, 3.8) is 0 Å². The molecule has 1 saturated heterocycles. The minimum Gasteiger partial charge on any atom is -0.445 e. The number of aromatic nitrogens is 3. The molecule has 2 atom stereocenters. The quantitative estimate of drug-likeness (QED) is 0.492. The molecular weight excluding hydrogens is 430 g/mol. The van der Waals surface area contributed by atoms with Crippen molar-refractivity contribution < 1.29 is 14.3 Å². The number of nitrogens with zero attached hydrogens (tertiary/aromatic N) is 4. The number of para-hydroxylation sites is 1. The van der Waals surface area contributed by atoms with Crippen molar-refractivity contribution in [3.05, 3.63) is 54.1 Å². The van der Waals surface area contributed by atoms with Gasteiger partial charge < -0.3 is 24.5 Å². The lowest BCUT2D eigenvalue weighted by molar-refractivity contribution is 0.0220. The first-order valence-electron chi connectivity index (χ1n) is 11.7. The molecule has 4 aromatic rings. The molecule has 8 heteroatoms. The summed E-state index contributed by atoms with van der Waals surface area (Å²) in [6.07, 6.45) is 0.265. The van der Waals surface area contributed by atoms with E-state index in [1.54, 1.807) is 4.90 Å². The Kier molecular flexibility index (Phi) is 5.51. The highest BCUT2D eigenvalue weighted by molar-refractivity contribution is 5.98. The summed E-state index contributed by atoms with van der Waals surface area (Å²) in [6, 6.07) is 16.2. The predicted octanol–water partition coefficient (Wildman–Crippen LogP) is 4.30. The summed E-state index contributed by atoms with van der Waals surface area (Å²) in [4.78, 5) is 31.3. The molecule has 2 N–H and O–H groups in total. The van der Waals surface area contributed by atoms with Gasteiger partial charge in [-0.25, -0.2) is 9.78 Å². The molecule has 34 heavy (non-hydrogen) atoms. The fraction of sp³-hybridized carbons (Fsp3) is 0.346. The number of hydrogen-bond acceptors (Lipinski definition) is 4. The lowest BCUT2D eigenvalue weighted by Crippen LogP contribution is -2.49. The third kappa shape index (κ3) is 3.69. The number of fused-ring (bicyclic) bond motifs is 2. The standard InChI is InChI=1S/C26H29N5O3/c1-4-30-21-8-6-5-7-17(21)14-23(30)24-28-20-13-18(10-12-22(20)29(24)3)25(32)31-15-19(34-26(27)33)11-9-16(31)2/h5-8,10,12-14,16,19H,4,9,11,15H2,1-3H3,(H2,27,33). The Labute approximate surface area is 197 Å². The minimum absolute atomic E-state index is 0.0514. The Hall–Kier alpha value is -3.81. The Morgan fingerprint density at radius 2 is 1.91 bits per heavy atom. The largest absolute Gasteiger partial charge is 0.445 e. The van der Waals surface area contributed by atoms with Crippen LogP contribution in [-0.2, 0) is 18.3 Å². The Morgan fingerprint density at radius 1 is 1.12 bits per heavy atom. The molecule has 0 bridgehead atoms. The van der Waals surface area contributed by atoms with Crippen molar-refractivity contribution in [2.75, 3.05) is 6.54 Å². The van der Waals surface area contributed by atoms with Crippen LogP contribution in [0.2, 0.25) is 0 Å². The van der Waals surface area contributed by atoms with Crippen molar-refractivity contribution >= 4 is 33.9 Å². The maximum absolute atomic E-state index is 13.4. The van der Waals surface area contributed by atoms with Crippen LogP contribution in [0, 0.1) is 0 Å². The average molecular weight is 460 g/mol. The SMILES string of the molecule is CCn1c(-c2nc3cc(C(=O)N4CC(OC(N)=O)CCC4C)ccc3n2C)cc2ccccc21. The van der Waals surface area contributed by atoms with E-state index in [2.05, 4.69) is 34.3 Å². The van der Waals surface area contributed by atoms with Gasteiger partial charge in [0.2, 0.25) is 0 Å². The van der Waals surface area contributed by atoms with Gasteiger partial charge in [-0.2, -0.15) is 0 Å². The number of amides is 2. The number of aryl methyl sites for hydroxylation is 2. The number of ether oxygens (including phenoxy) is 1. The zero-order chi connectivity index (χ0) is 24.0. The summed E-state index contributed by atoms with van der Waals surface area (Å²) in [5, 5.41) is 1.18. The van der Waals surface area contributed by atoms with Gasteiger partial charge in [0.1, 0.15) is 6.10 Å². The van der Waals surface area contributed by atoms with Gasteiger partial charge in [0.25, 0.3) is 5.91 Å². The van der Waals surface area contributed by atoms with Gasteiger partial charge in [-0.3, -0.25) is 4.79 Å². The van der Waals surface area contributed by atoms with Gasteiger partial charge in [0.05, 0.1) is 23.3 Å². The predicted molar refractivity (Wildman–Crippen MR) is 132 cm³/mol. The number of hydrogen-bond donors (Lipinski definition) is 1. The number of imidazole rings is 1. The zero-order valence-corrected chi connectivity index (χ0v) is 19.7. The molecule has 0 aliphatic carbocycles. The fourth-order valence-electron chi connectivity index (χ4n) is 5.08. The van der Waals surface area contributed by atoms with Crippen LogP contribution in [0.25, 0.3) is 33.5 Å². The summed E-state index contributed by atoms with van der Waals surface area (Å²) >= 11 is 0. The van der Waals surface area contributed by atoms with Gasteiger partial charge in [0, 0.05) is 36.1 Å². The number of likely N-dealkylation sites (tertiary alicyclic amines) is 1. The van der Waals surface area contributed by atoms with E-state index >= 15 is 0 Å². The van der Waals surface area contributed by atoms with Crippen molar-refractivity contribution in [1.82, 2.24) is 19.0 Å². The molecule has 0 saturated carbocycles. The van der Waals surface area contributed by atoms with E-state index in [4.69, 9.17) is 15.5 Å². The van der Waals surface area contributed by atoms with Gasteiger partial charge in [-0.05, 0) is 57.0 Å². The van der Waals surface area contributed by atoms with Crippen molar-refractivity contribution in [3.8, 4) is 11.5 Å². The molecule has 176 valence electrons. The van der Waals surface area contributed by atoms with Crippen LogP contribution in [0.1, 0.15) is 37.0 Å². The third-order valence-electron chi connectivity index (χ3n) is 6.87. The van der Waals surface area contributed by atoms with Crippen molar-refractivity contribution in [2.45, 2.75) is 45.4 Å². The first-order valence-corrected chi connectivity index (χ1v) is 11.7. The van der Waals surface area contributed by atoms with Crippen LogP contribution in [0.3, 0.4) is 0 Å². The maximum atomic E-state index is 13.4. The Morgan fingerprint density at radius 3 is 2.68 bits per heavy atom. The Balaban J connectivity index is 1.51. The highest BCUT2D eigenvalue weighted by Crippen LogP contribution is 2.31. The fourth-order valence-corrected chi connectivity index (χ4v) is 5.08. The lowest BCUT2D eigenvalue weighted by Gasteiger charge is -2.37. The molecule has 8 nitrogen and oxygen atoms in total. The number of carbonyl (C=O) groups is 2. The zero-order valence-electron chi connectivity index (χ0n) is 19.7. The van der Waals surface area contributed by atoms with Crippen LogP contribution >= 0.6 is 0 Å². The molecule has 2 aromatic heterocycles. The first kappa shape index (κ1) is 22.0. The molecule has 3 heterocycles. The second-order valence-corrected chi connectivity index (χ2v) is 8.97. The molecule has 2 unspecified atom stereocenters. The summed E-state index contributed by atoms with van der Waals surface area (Å²) < 4.78 is 9.50. The highest BCUT2D eigenvalue weighted by atomic mass is 16.6. The van der Waals surface area contributed by atoms with E-state index in [9.17, 15) is 9.59 Å². The van der Waals surface area contributed by atoms with Crippen molar-refractivity contribution in [2.24, 2.45) is 12.8 Å². The molecule has 0 spiro atoms. The van der Waals surface area contributed by atoms with Crippen LogP contribution in [0.4, 0.5) is 4.79 Å². The van der Waals surface area contributed by atoms with Gasteiger partial charge >= 0.3 is 6.09 Å². The normalized spacial score (nSPS) is 18.5. The molecule has 1 fully saturated rings. The van der Waals surface area contributed by atoms with E-state index in [1.165, 1.54) is 10.9 Å². The summed E-state index contributed by atoms with van der Waals surface area (Å²) in [7, 11) is 2.00. The topological polar surface area (TPSA) is 95.4 Å². The van der Waals surface area contributed by atoms with Crippen LogP contribution in [0.15, 0.2) is 48.5 Å². The van der Waals surface area contributed by atoms with E-state index < -0.39 is 6.09 Å². The second kappa shape index (κ2) is 8.52. The molecule has 5 rings (SSSR count). The van der Waals surface area contributed by atoms with Crippen molar-refractivity contribution in [1.29, 1.82) is 0 Å². The molecule has 1 aliphatic rings. The highest BCUT2D eigenvalue weighted by Gasteiger charge is 2.31. The summed E-state index contributed by atoms with van der Waals surface area (Å²) in [5.74, 6) is 0.765. The monoisotopic (exact) mass is 459 g/mol. The number of primary amides is 1. The number of nitrogens with two attached hydrogens (primary N) is 1. The van der Waals surface area contributed by atoms with E-state index in [-0.39, 0.29) is 18.1 Å². The van der Waals surface area contributed by atoms with E-state index in [1.807, 2.05) is 44.3 Å². The average Bonchev–Trinajstić information content (AvgIpc) is 3.36. The first-order chi connectivity index (χ1) is 16.4. The van der Waals surface area contributed by atoms with Gasteiger partial charge in [-0.1, -0.05) is 18.2 Å². The molecule has 2 aromatic carbocycles. The molecular formula is C26H29N5O3. The summed E-state index contributed by atoms with van der Waals surface area (Å²) in [5.41, 5.74) is 9.71. The van der Waals surface area contributed by atoms with Gasteiger partial charge in [0.15, 0.2) is 5.82 Å². The van der Waals surface area contributed by atoms with E-state index in [0.29, 0.717) is 18.5 Å². The van der Waals surface area contributed by atoms with Crippen LogP contribution < -0.4 is 5.73 Å². The molecule has 0 radical (unpaired) electrons. The number of rotatable bonds is 4. The van der Waals surface area contributed by atoms with Gasteiger partial charge in [-0.15, -0.1) is 0 Å². The number of benzene rings is 2. The maximum Gasteiger partial charge on any atom is 0.404 e. The van der Waals surface area contributed by atoms with E-state index in [0.717, 1.165) is 35.5 Å².